The van der Waals surface area contributed by atoms with Gasteiger partial charge in [-0.3, -0.25) is 15.0 Å². The summed E-state index contributed by atoms with van der Waals surface area (Å²) in [5.41, 5.74) is 3.88. The molecule has 0 aliphatic carbocycles. The third-order valence-electron chi connectivity index (χ3n) is 4.15. The van der Waals surface area contributed by atoms with E-state index in [1.165, 1.54) is 6.92 Å². The Morgan fingerprint density at radius 2 is 1.73 bits per heavy atom. The lowest BCUT2D eigenvalue weighted by atomic mass is 10.0. The SMILES string of the molecule is C=C(N/N=C/C(C)c1ccccc1)NC(=O)[C@H](C)NC(=O)Cc1cc(F)cc(F)c1. The van der Waals surface area contributed by atoms with Gasteiger partial charge in [0.15, 0.2) is 0 Å². The molecule has 158 valence electrons. The van der Waals surface area contributed by atoms with E-state index >= 15 is 0 Å². The number of carbonyl (C=O) groups is 2. The summed E-state index contributed by atoms with van der Waals surface area (Å²) in [6.07, 6.45) is 1.42. The van der Waals surface area contributed by atoms with E-state index in [2.05, 4.69) is 27.7 Å². The number of amides is 2. The number of hydrazone groups is 1. The maximum atomic E-state index is 13.2. The monoisotopic (exact) mass is 414 g/mol. The van der Waals surface area contributed by atoms with E-state index in [-0.39, 0.29) is 23.7 Å². The molecule has 3 N–H and O–H groups in total. The van der Waals surface area contributed by atoms with E-state index in [9.17, 15) is 18.4 Å². The molecule has 0 aliphatic heterocycles. The summed E-state index contributed by atoms with van der Waals surface area (Å²) in [5.74, 6) is -2.40. The summed E-state index contributed by atoms with van der Waals surface area (Å²) >= 11 is 0. The van der Waals surface area contributed by atoms with Gasteiger partial charge in [-0.1, -0.05) is 43.8 Å². The molecule has 0 bridgehead atoms. The van der Waals surface area contributed by atoms with Crippen molar-refractivity contribution in [1.29, 1.82) is 0 Å². The lowest BCUT2D eigenvalue weighted by molar-refractivity contribution is -0.127. The van der Waals surface area contributed by atoms with Crippen LogP contribution in [0.2, 0.25) is 0 Å². The van der Waals surface area contributed by atoms with Crippen LogP contribution in [0.5, 0.6) is 0 Å². The molecule has 8 heteroatoms. The van der Waals surface area contributed by atoms with Crippen LogP contribution in [0.4, 0.5) is 8.78 Å². The molecule has 0 saturated heterocycles. The Balaban J connectivity index is 1.78. The van der Waals surface area contributed by atoms with E-state index in [0.29, 0.717) is 0 Å². The first-order valence-corrected chi connectivity index (χ1v) is 9.33. The molecule has 0 saturated carbocycles. The fraction of sp³-hybridized carbons (Fsp3) is 0.227. The Labute approximate surface area is 174 Å². The number of nitrogens with zero attached hydrogens (tertiary/aromatic N) is 1. The number of rotatable bonds is 9. The largest absolute Gasteiger partial charge is 0.344 e. The number of benzene rings is 2. The summed E-state index contributed by atoms with van der Waals surface area (Å²) in [7, 11) is 0. The number of carbonyl (C=O) groups excluding carboxylic acids is 2. The van der Waals surface area contributed by atoms with Crippen LogP contribution in [-0.2, 0) is 16.0 Å². The number of hydrogen-bond donors (Lipinski definition) is 3. The second-order valence-electron chi connectivity index (χ2n) is 6.80. The maximum absolute atomic E-state index is 13.2. The van der Waals surface area contributed by atoms with Gasteiger partial charge in [-0.05, 0) is 30.2 Å². The molecule has 6 nitrogen and oxygen atoms in total. The summed E-state index contributed by atoms with van der Waals surface area (Å²) < 4.78 is 26.4. The van der Waals surface area contributed by atoms with Crippen LogP contribution in [0.15, 0.2) is 66.0 Å². The minimum atomic E-state index is -0.887. The van der Waals surface area contributed by atoms with E-state index in [1.807, 2.05) is 37.3 Å². The first kappa shape index (κ1) is 22.7. The molecule has 30 heavy (non-hydrogen) atoms. The van der Waals surface area contributed by atoms with E-state index in [0.717, 1.165) is 23.8 Å². The summed E-state index contributed by atoms with van der Waals surface area (Å²) in [6, 6.07) is 11.7. The zero-order valence-electron chi connectivity index (χ0n) is 16.8. The van der Waals surface area contributed by atoms with Gasteiger partial charge in [0.2, 0.25) is 11.8 Å². The molecule has 0 spiro atoms. The molecule has 2 rings (SSSR count). The van der Waals surface area contributed by atoms with Gasteiger partial charge in [-0.2, -0.15) is 5.10 Å². The Morgan fingerprint density at radius 1 is 1.10 bits per heavy atom. The van der Waals surface area contributed by atoms with E-state index < -0.39 is 29.5 Å². The van der Waals surface area contributed by atoms with Gasteiger partial charge < -0.3 is 10.6 Å². The van der Waals surface area contributed by atoms with Crippen molar-refractivity contribution in [2.24, 2.45) is 5.10 Å². The third-order valence-corrected chi connectivity index (χ3v) is 4.15. The van der Waals surface area contributed by atoms with Crippen LogP contribution in [0.1, 0.15) is 30.9 Å². The highest BCUT2D eigenvalue weighted by molar-refractivity contribution is 5.88. The Hall–Kier alpha value is -3.55. The molecule has 2 aromatic carbocycles. The molecule has 0 fully saturated rings. The molecule has 0 aromatic heterocycles. The van der Waals surface area contributed by atoms with Gasteiger partial charge in [-0.15, -0.1) is 0 Å². The maximum Gasteiger partial charge on any atom is 0.247 e. The van der Waals surface area contributed by atoms with Gasteiger partial charge in [0.05, 0.1) is 6.42 Å². The Bertz CT molecular complexity index is 912. The molecule has 2 amide bonds. The van der Waals surface area contributed by atoms with Gasteiger partial charge in [0, 0.05) is 18.2 Å². The smallest absolute Gasteiger partial charge is 0.247 e. The Kier molecular flexibility index (Phi) is 8.22. The van der Waals surface area contributed by atoms with Gasteiger partial charge in [-0.25, -0.2) is 8.78 Å². The van der Waals surface area contributed by atoms with Crippen LogP contribution < -0.4 is 16.1 Å². The van der Waals surface area contributed by atoms with Crippen LogP contribution in [0.25, 0.3) is 0 Å². The highest BCUT2D eigenvalue weighted by atomic mass is 19.1. The zero-order valence-corrected chi connectivity index (χ0v) is 16.8. The minimum Gasteiger partial charge on any atom is -0.344 e. The fourth-order valence-corrected chi connectivity index (χ4v) is 2.61. The lowest BCUT2D eigenvalue weighted by Gasteiger charge is -2.15. The average molecular weight is 414 g/mol. The highest BCUT2D eigenvalue weighted by Crippen LogP contribution is 2.11. The van der Waals surface area contributed by atoms with Crippen molar-refractivity contribution in [3.05, 3.63) is 83.7 Å². The topological polar surface area (TPSA) is 82.6 Å². The number of halogens is 2. The zero-order chi connectivity index (χ0) is 22.1. The predicted molar refractivity (Wildman–Crippen MR) is 111 cm³/mol. The first-order valence-electron chi connectivity index (χ1n) is 9.33. The van der Waals surface area contributed by atoms with Crippen molar-refractivity contribution >= 4 is 18.0 Å². The normalized spacial score (nSPS) is 12.8. The molecular weight excluding hydrogens is 390 g/mol. The van der Waals surface area contributed by atoms with Crippen molar-refractivity contribution in [3.63, 3.8) is 0 Å². The lowest BCUT2D eigenvalue weighted by Crippen LogP contribution is -2.46. The number of hydrogen-bond acceptors (Lipinski definition) is 4. The van der Waals surface area contributed by atoms with Crippen LogP contribution >= 0.6 is 0 Å². The summed E-state index contributed by atoms with van der Waals surface area (Å²) in [4.78, 5) is 24.2. The van der Waals surface area contributed by atoms with Crippen molar-refractivity contribution in [2.75, 3.05) is 0 Å². The van der Waals surface area contributed by atoms with Gasteiger partial charge in [0.25, 0.3) is 0 Å². The molecule has 0 radical (unpaired) electrons. The number of nitrogens with one attached hydrogen (secondary N) is 3. The van der Waals surface area contributed by atoms with Gasteiger partial charge in [0.1, 0.15) is 23.5 Å². The molecule has 2 atom stereocenters. The highest BCUT2D eigenvalue weighted by Gasteiger charge is 2.16. The predicted octanol–water partition coefficient (Wildman–Crippen LogP) is 2.98. The summed E-state index contributed by atoms with van der Waals surface area (Å²) in [6.45, 7) is 7.12. The van der Waals surface area contributed by atoms with Crippen molar-refractivity contribution in [1.82, 2.24) is 16.1 Å². The van der Waals surface area contributed by atoms with Gasteiger partial charge >= 0.3 is 0 Å². The van der Waals surface area contributed by atoms with Crippen molar-refractivity contribution in [3.8, 4) is 0 Å². The van der Waals surface area contributed by atoms with Crippen LogP contribution in [0.3, 0.4) is 0 Å². The quantitative estimate of drug-likeness (QED) is 0.436. The molecule has 2 aromatic rings. The molecule has 0 aliphatic rings. The standard InChI is InChI=1S/C22H24F2N4O2/c1-14(18-7-5-4-6-8-18)13-25-28-16(3)27-22(30)15(2)26-21(29)11-17-9-19(23)12-20(24)10-17/h4-10,12-15,28H,3,11H2,1-2H3,(H,26,29)(H,27,30)/b25-13+/t14?,15-/m0/s1. The first-order chi connectivity index (χ1) is 14.2. The molecular formula is C22H24F2N4O2. The van der Waals surface area contributed by atoms with Crippen molar-refractivity contribution in [2.45, 2.75) is 32.2 Å². The van der Waals surface area contributed by atoms with Crippen molar-refractivity contribution < 1.29 is 18.4 Å². The van der Waals surface area contributed by atoms with E-state index in [4.69, 9.17) is 0 Å². The minimum absolute atomic E-state index is 0.0630. The van der Waals surface area contributed by atoms with Crippen LogP contribution in [-0.4, -0.2) is 24.1 Å². The second kappa shape index (κ2) is 10.8. The Morgan fingerprint density at radius 3 is 2.37 bits per heavy atom. The fourth-order valence-electron chi connectivity index (χ4n) is 2.61. The second-order valence-corrected chi connectivity index (χ2v) is 6.80. The molecule has 1 unspecified atom stereocenters. The molecule has 0 heterocycles. The summed E-state index contributed by atoms with van der Waals surface area (Å²) in [5, 5.41) is 9.00. The van der Waals surface area contributed by atoms with Crippen LogP contribution in [0, 0.1) is 11.6 Å². The van der Waals surface area contributed by atoms with E-state index in [1.54, 1.807) is 6.21 Å². The average Bonchev–Trinajstić information content (AvgIpc) is 2.67. The third kappa shape index (κ3) is 7.46.